The lowest BCUT2D eigenvalue weighted by atomic mass is 9.79. The molecule has 0 saturated heterocycles. The zero-order valence-electron chi connectivity index (χ0n) is 13.3. The molecule has 0 fully saturated rings. The lowest BCUT2D eigenvalue weighted by molar-refractivity contribution is 0.381. The van der Waals surface area contributed by atoms with Crippen molar-refractivity contribution in [3.63, 3.8) is 0 Å². The summed E-state index contributed by atoms with van der Waals surface area (Å²) in [6.07, 6.45) is 3.34. The Kier molecular flexibility index (Phi) is 5.94. The van der Waals surface area contributed by atoms with E-state index in [0.29, 0.717) is 10.8 Å². The van der Waals surface area contributed by atoms with Gasteiger partial charge >= 0.3 is 0 Å². The van der Waals surface area contributed by atoms with Crippen LogP contribution in [-0.2, 0) is 5.41 Å². The van der Waals surface area contributed by atoms with E-state index in [1.807, 2.05) is 11.8 Å². The van der Waals surface area contributed by atoms with Crippen LogP contribution in [0.1, 0.15) is 46.6 Å². The maximum Gasteiger partial charge on any atom is 0.0225 e. The van der Waals surface area contributed by atoms with Gasteiger partial charge in [0.2, 0.25) is 0 Å². The third-order valence-electron chi connectivity index (χ3n) is 3.80. The molecule has 1 unspecified atom stereocenters. The predicted octanol–water partition coefficient (Wildman–Crippen LogP) is 4.47. The molecule has 0 radical (unpaired) electrons. The standard InChI is InChI=1S/C17H29NS/c1-14(18-13-17(4,5)19-6)12-16(2,3)15-10-8-7-9-11-15/h7-11,14,18H,12-13H2,1-6H3. The van der Waals surface area contributed by atoms with Gasteiger partial charge in [0, 0.05) is 17.3 Å². The predicted molar refractivity (Wildman–Crippen MR) is 89.1 cm³/mol. The molecule has 1 rings (SSSR count). The van der Waals surface area contributed by atoms with E-state index in [2.05, 4.69) is 76.5 Å². The van der Waals surface area contributed by atoms with Gasteiger partial charge in [-0.15, -0.1) is 0 Å². The van der Waals surface area contributed by atoms with Gasteiger partial charge in [0.05, 0.1) is 0 Å². The van der Waals surface area contributed by atoms with Crippen LogP contribution >= 0.6 is 11.8 Å². The van der Waals surface area contributed by atoms with Crippen LogP contribution < -0.4 is 5.32 Å². The van der Waals surface area contributed by atoms with E-state index in [1.165, 1.54) is 5.56 Å². The minimum absolute atomic E-state index is 0.219. The van der Waals surface area contributed by atoms with Crippen molar-refractivity contribution in [1.82, 2.24) is 5.32 Å². The SMILES string of the molecule is CSC(C)(C)CNC(C)CC(C)(C)c1ccccc1. The molecule has 0 heterocycles. The highest BCUT2D eigenvalue weighted by Crippen LogP contribution is 2.28. The third-order valence-corrected chi connectivity index (χ3v) is 5.05. The molecular formula is C17H29NS. The Bertz CT molecular complexity index is 370. The third kappa shape index (κ3) is 5.58. The number of rotatable bonds is 7. The fourth-order valence-corrected chi connectivity index (χ4v) is 2.56. The average molecular weight is 279 g/mol. The summed E-state index contributed by atoms with van der Waals surface area (Å²) in [5.74, 6) is 0. The van der Waals surface area contributed by atoms with Gasteiger partial charge in [-0.2, -0.15) is 11.8 Å². The Morgan fingerprint density at radius 3 is 2.21 bits per heavy atom. The molecule has 1 atom stereocenters. The molecule has 2 heteroatoms. The molecule has 0 amide bonds. The van der Waals surface area contributed by atoms with Gasteiger partial charge in [0.15, 0.2) is 0 Å². The summed E-state index contributed by atoms with van der Waals surface area (Å²) < 4.78 is 0.311. The van der Waals surface area contributed by atoms with E-state index in [4.69, 9.17) is 0 Å². The van der Waals surface area contributed by atoms with E-state index < -0.39 is 0 Å². The van der Waals surface area contributed by atoms with Crippen LogP contribution in [0, 0.1) is 0 Å². The lowest BCUT2D eigenvalue weighted by Gasteiger charge is -2.31. The monoisotopic (exact) mass is 279 g/mol. The minimum atomic E-state index is 0.219. The number of benzene rings is 1. The fraction of sp³-hybridized carbons (Fsp3) is 0.647. The highest BCUT2D eigenvalue weighted by Gasteiger charge is 2.24. The van der Waals surface area contributed by atoms with Crippen LogP contribution in [-0.4, -0.2) is 23.6 Å². The van der Waals surface area contributed by atoms with Gasteiger partial charge in [-0.25, -0.2) is 0 Å². The zero-order valence-corrected chi connectivity index (χ0v) is 14.1. The first kappa shape index (κ1) is 16.6. The molecule has 1 N–H and O–H groups in total. The van der Waals surface area contributed by atoms with E-state index in [9.17, 15) is 0 Å². The smallest absolute Gasteiger partial charge is 0.0225 e. The number of hydrogen-bond donors (Lipinski definition) is 1. The molecule has 0 aromatic heterocycles. The molecule has 0 bridgehead atoms. The topological polar surface area (TPSA) is 12.0 Å². The second-order valence-electron chi connectivity index (χ2n) is 6.70. The van der Waals surface area contributed by atoms with Crippen molar-refractivity contribution in [2.75, 3.05) is 12.8 Å². The first-order valence-corrected chi connectivity index (χ1v) is 8.33. The van der Waals surface area contributed by atoms with Crippen molar-refractivity contribution in [2.45, 2.75) is 57.2 Å². The van der Waals surface area contributed by atoms with Crippen molar-refractivity contribution < 1.29 is 0 Å². The molecule has 0 spiro atoms. The molecule has 0 saturated carbocycles. The Morgan fingerprint density at radius 1 is 1.11 bits per heavy atom. The van der Waals surface area contributed by atoms with Crippen molar-refractivity contribution in [1.29, 1.82) is 0 Å². The fourth-order valence-electron chi connectivity index (χ4n) is 2.34. The van der Waals surface area contributed by atoms with Crippen molar-refractivity contribution >= 4 is 11.8 Å². The first-order valence-electron chi connectivity index (χ1n) is 7.11. The summed E-state index contributed by atoms with van der Waals surface area (Å²) in [5.41, 5.74) is 1.64. The molecule has 0 aliphatic rings. The molecule has 0 aliphatic heterocycles. The maximum atomic E-state index is 3.68. The molecule has 1 aromatic carbocycles. The Hall–Kier alpha value is -0.470. The summed E-state index contributed by atoms with van der Waals surface area (Å²) in [5, 5.41) is 3.68. The summed E-state index contributed by atoms with van der Waals surface area (Å²) in [4.78, 5) is 0. The summed E-state index contributed by atoms with van der Waals surface area (Å²) in [6.45, 7) is 12.6. The Morgan fingerprint density at radius 2 is 1.68 bits per heavy atom. The van der Waals surface area contributed by atoms with Crippen LogP contribution in [0.5, 0.6) is 0 Å². The van der Waals surface area contributed by atoms with Crippen LogP contribution in [0.4, 0.5) is 0 Å². The molecular weight excluding hydrogens is 250 g/mol. The van der Waals surface area contributed by atoms with Gasteiger partial charge in [-0.1, -0.05) is 44.2 Å². The largest absolute Gasteiger partial charge is 0.313 e. The van der Waals surface area contributed by atoms with Crippen LogP contribution in [0.15, 0.2) is 30.3 Å². The molecule has 1 aromatic rings. The van der Waals surface area contributed by atoms with Crippen molar-refractivity contribution in [3.8, 4) is 0 Å². The Balaban J connectivity index is 2.54. The van der Waals surface area contributed by atoms with Crippen LogP contribution in [0.3, 0.4) is 0 Å². The van der Waals surface area contributed by atoms with Gasteiger partial charge < -0.3 is 5.32 Å². The van der Waals surface area contributed by atoms with E-state index in [1.54, 1.807) is 0 Å². The summed E-state index contributed by atoms with van der Waals surface area (Å²) >= 11 is 1.92. The quantitative estimate of drug-likeness (QED) is 0.790. The highest BCUT2D eigenvalue weighted by molar-refractivity contribution is 7.99. The number of thioether (sulfide) groups is 1. The van der Waals surface area contributed by atoms with Gasteiger partial charge in [-0.05, 0) is 44.4 Å². The Labute approximate surface area is 123 Å². The van der Waals surface area contributed by atoms with Crippen molar-refractivity contribution in [2.24, 2.45) is 0 Å². The van der Waals surface area contributed by atoms with Crippen LogP contribution in [0.2, 0.25) is 0 Å². The number of hydrogen-bond acceptors (Lipinski definition) is 2. The summed E-state index contributed by atoms with van der Waals surface area (Å²) in [7, 11) is 0. The van der Waals surface area contributed by atoms with E-state index in [0.717, 1.165) is 13.0 Å². The van der Waals surface area contributed by atoms with E-state index >= 15 is 0 Å². The lowest BCUT2D eigenvalue weighted by Crippen LogP contribution is -2.40. The van der Waals surface area contributed by atoms with E-state index in [-0.39, 0.29) is 5.41 Å². The molecule has 1 nitrogen and oxygen atoms in total. The molecule has 108 valence electrons. The molecule has 0 aliphatic carbocycles. The van der Waals surface area contributed by atoms with Crippen molar-refractivity contribution in [3.05, 3.63) is 35.9 Å². The normalized spacial score (nSPS) is 14.4. The van der Waals surface area contributed by atoms with Gasteiger partial charge in [-0.3, -0.25) is 0 Å². The number of nitrogens with one attached hydrogen (secondary N) is 1. The average Bonchev–Trinajstić information content (AvgIpc) is 2.37. The maximum absolute atomic E-state index is 3.68. The zero-order chi connectivity index (χ0) is 14.5. The van der Waals surface area contributed by atoms with Gasteiger partial charge in [0.1, 0.15) is 0 Å². The van der Waals surface area contributed by atoms with Crippen LogP contribution in [0.25, 0.3) is 0 Å². The highest BCUT2D eigenvalue weighted by atomic mass is 32.2. The second kappa shape index (κ2) is 6.81. The summed E-state index contributed by atoms with van der Waals surface area (Å²) in [6, 6.07) is 11.3. The minimum Gasteiger partial charge on any atom is -0.313 e. The first-order chi connectivity index (χ1) is 8.77. The molecule has 19 heavy (non-hydrogen) atoms. The van der Waals surface area contributed by atoms with Gasteiger partial charge in [0.25, 0.3) is 0 Å². The second-order valence-corrected chi connectivity index (χ2v) is 8.21.